The number of unbranched alkanes of at least 4 members (excludes halogenated alkanes) is 2. The van der Waals surface area contributed by atoms with Crippen LogP contribution in [0.1, 0.15) is 80.6 Å². The molecule has 0 aliphatic heterocycles. The van der Waals surface area contributed by atoms with Crippen LogP contribution in [-0.4, -0.2) is 17.5 Å². The smallest absolute Gasteiger partial charge is 0.271 e. The van der Waals surface area contributed by atoms with Gasteiger partial charge in [-0.2, -0.15) is 5.10 Å². The van der Waals surface area contributed by atoms with E-state index in [1.54, 1.807) is 24.3 Å². The van der Waals surface area contributed by atoms with E-state index in [1.165, 1.54) is 6.42 Å². The lowest BCUT2D eigenvalue weighted by Crippen LogP contribution is -2.24. The van der Waals surface area contributed by atoms with Crippen LogP contribution in [0.2, 0.25) is 0 Å². The second-order valence-electron chi connectivity index (χ2n) is 8.22. The molecule has 2 aromatic carbocycles. The van der Waals surface area contributed by atoms with E-state index >= 15 is 0 Å². The highest BCUT2D eigenvalue weighted by atomic mass is 16.2. The van der Waals surface area contributed by atoms with Crippen LogP contribution in [0, 0.1) is 5.92 Å². The number of anilines is 1. The van der Waals surface area contributed by atoms with Gasteiger partial charge in [-0.15, -0.1) is 0 Å². The molecule has 31 heavy (non-hydrogen) atoms. The molecular weight excluding hydrogens is 386 g/mol. The molecule has 0 unspecified atom stereocenters. The summed E-state index contributed by atoms with van der Waals surface area (Å²) in [7, 11) is 0. The van der Waals surface area contributed by atoms with E-state index in [9.17, 15) is 9.59 Å². The summed E-state index contributed by atoms with van der Waals surface area (Å²) in [5.74, 6) is -0.0645. The number of amides is 2. The Labute approximate surface area is 185 Å². The Kier molecular flexibility index (Phi) is 8.83. The SMILES string of the molecule is CCCCC/C(=N/NC(=O)c1ccc(NC(=O)C2CCCCC2)cc1)c1ccccc1. The Morgan fingerprint density at radius 3 is 2.29 bits per heavy atom. The molecule has 0 radical (unpaired) electrons. The molecule has 164 valence electrons. The third-order valence-corrected chi connectivity index (χ3v) is 5.81. The summed E-state index contributed by atoms with van der Waals surface area (Å²) in [6.07, 6.45) is 9.53. The van der Waals surface area contributed by atoms with Gasteiger partial charge < -0.3 is 5.32 Å². The second kappa shape index (κ2) is 12.0. The molecule has 3 rings (SSSR count). The van der Waals surface area contributed by atoms with E-state index in [2.05, 4.69) is 22.8 Å². The number of hydrogen-bond acceptors (Lipinski definition) is 3. The van der Waals surface area contributed by atoms with Crippen LogP contribution >= 0.6 is 0 Å². The van der Waals surface area contributed by atoms with Gasteiger partial charge in [0.1, 0.15) is 0 Å². The van der Waals surface area contributed by atoms with Crippen LogP contribution in [0.15, 0.2) is 59.7 Å². The molecule has 1 aliphatic carbocycles. The average molecular weight is 420 g/mol. The predicted molar refractivity (Wildman–Crippen MR) is 126 cm³/mol. The normalized spacial score (nSPS) is 14.8. The van der Waals surface area contributed by atoms with E-state index < -0.39 is 0 Å². The van der Waals surface area contributed by atoms with Gasteiger partial charge >= 0.3 is 0 Å². The average Bonchev–Trinajstić information content (AvgIpc) is 2.82. The summed E-state index contributed by atoms with van der Waals surface area (Å²) >= 11 is 0. The second-order valence-corrected chi connectivity index (χ2v) is 8.22. The number of carbonyl (C=O) groups is 2. The number of nitrogens with one attached hydrogen (secondary N) is 2. The monoisotopic (exact) mass is 419 g/mol. The molecule has 0 aromatic heterocycles. The van der Waals surface area contributed by atoms with E-state index in [-0.39, 0.29) is 17.7 Å². The van der Waals surface area contributed by atoms with E-state index in [4.69, 9.17) is 0 Å². The molecule has 5 heteroatoms. The van der Waals surface area contributed by atoms with Crippen molar-refractivity contribution in [2.75, 3.05) is 5.32 Å². The lowest BCUT2D eigenvalue weighted by Gasteiger charge is -2.20. The molecule has 2 aromatic rings. The van der Waals surface area contributed by atoms with E-state index in [0.717, 1.165) is 68.3 Å². The molecule has 2 N–H and O–H groups in total. The van der Waals surface area contributed by atoms with E-state index in [1.807, 2.05) is 30.3 Å². The van der Waals surface area contributed by atoms with Gasteiger partial charge in [0.15, 0.2) is 0 Å². The molecule has 5 nitrogen and oxygen atoms in total. The summed E-state index contributed by atoms with van der Waals surface area (Å²) < 4.78 is 0. The summed E-state index contributed by atoms with van der Waals surface area (Å²) in [6, 6.07) is 17.0. The van der Waals surface area contributed by atoms with Crippen molar-refractivity contribution in [3.05, 3.63) is 65.7 Å². The van der Waals surface area contributed by atoms with Gasteiger partial charge in [0, 0.05) is 17.2 Å². The Hall–Kier alpha value is -2.95. The maximum absolute atomic E-state index is 12.6. The first kappa shape index (κ1) is 22.7. The van der Waals surface area contributed by atoms with Gasteiger partial charge in [-0.3, -0.25) is 9.59 Å². The van der Waals surface area contributed by atoms with Crippen molar-refractivity contribution in [3.63, 3.8) is 0 Å². The third kappa shape index (κ3) is 7.06. The summed E-state index contributed by atoms with van der Waals surface area (Å²) in [5.41, 5.74) is 5.85. The summed E-state index contributed by atoms with van der Waals surface area (Å²) in [5, 5.41) is 7.40. The fraction of sp³-hybridized carbons (Fsp3) is 0.423. The number of carbonyl (C=O) groups excluding carboxylic acids is 2. The zero-order valence-corrected chi connectivity index (χ0v) is 18.4. The molecule has 1 aliphatic rings. The van der Waals surface area contributed by atoms with Crippen molar-refractivity contribution in [1.29, 1.82) is 0 Å². The molecule has 0 saturated heterocycles. The zero-order chi connectivity index (χ0) is 21.9. The Morgan fingerprint density at radius 1 is 0.903 bits per heavy atom. The molecule has 0 bridgehead atoms. The summed E-state index contributed by atoms with van der Waals surface area (Å²) in [6.45, 7) is 2.17. The van der Waals surface area contributed by atoms with Crippen LogP contribution in [0.3, 0.4) is 0 Å². The van der Waals surface area contributed by atoms with Crippen LogP contribution in [-0.2, 0) is 4.79 Å². The van der Waals surface area contributed by atoms with Gasteiger partial charge in [-0.25, -0.2) is 5.43 Å². The van der Waals surface area contributed by atoms with Gasteiger partial charge in [-0.05, 0) is 55.5 Å². The standard InChI is InChI=1S/C26H33N3O2/c1-2-3-6-15-24(20-11-7-4-8-12-20)28-29-26(31)22-16-18-23(19-17-22)27-25(30)21-13-9-5-10-14-21/h4,7-8,11-12,16-19,21H,2-3,5-6,9-10,13-15H2,1H3,(H,27,30)(H,29,31)/b28-24-. The molecule has 0 atom stereocenters. The zero-order valence-electron chi connectivity index (χ0n) is 18.4. The predicted octanol–water partition coefficient (Wildman–Crippen LogP) is 5.92. The highest BCUT2D eigenvalue weighted by molar-refractivity contribution is 6.02. The lowest BCUT2D eigenvalue weighted by molar-refractivity contribution is -0.120. The highest BCUT2D eigenvalue weighted by Crippen LogP contribution is 2.25. The lowest BCUT2D eigenvalue weighted by atomic mass is 9.88. The summed E-state index contributed by atoms with van der Waals surface area (Å²) in [4.78, 5) is 25.0. The van der Waals surface area contributed by atoms with Crippen LogP contribution in [0.5, 0.6) is 0 Å². The van der Waals surface area contributed by atoms with Gasteiger partial charge in [0.05, 0.1) is 5.71 Å². The number of nitrogens with zero attached hydrogens (tertiary/aromatic N) is 1. The molecule has 2 amide bonds. The third-order valence-electron chi connectivity index (χ3n) is 5.81. The minimum atomic E-state index is -0.255. The van der Waals surface area contributed by atoms with Crippen molar-refractivity contribution in [2.45, 2.75) is 64.7 Å². The largest absolute Gasteiger partial charge is 0.326 e. The first-order valence-electron chi connectivity index (χ1n) is 11.5. The Bertz CT molecular complexity index is 869. The van der Waals surface area contributed by atoms with Crippen LogP contribution in [0.25, 0.3) is 0 Å². The minimum Gasteiger partial charge on any atom is -0.326 e. The van der Waals surface area contributed by atoms with Crippen molar-refractivity contribution >= 4 is 23.2 Å². The minimum absolute atomic E-state index is 0.0843. The molecule has 1 fully saturated rings. The van der Waals surface area contributed by atoms with Crippen molar-refractivity contribution in [2.24, 2.45) is 11.0 Å². The van der Waals surface area contributed by atoms with Crippen LogP contribution in [0.4, 0.5) is 5.69 Å². The number of hydrogen-bond donors (Lipinski definition) is 2. The Balaban J connectivity index is 1.60. The number of rotatable bonds is 9. The molecule has 0 spiro atoms. The molecule has 1 saturated carbocycles. The van der Waals surface area contributed by atoms with Gasteiger partial charge in [0.25, 0.3) is 5.91 Å². The van der Waals surface area contributed by atoms with Crippen molar-refractivity contribution in [1.82, 2.24) is 5.43 Å². The first-order chi connectivity index (χ1) is 15.2. The van der Waals surface area contributed by atoms with Crippen LogP contribution < -0.4 is 10.7 Å². The number of benzene rings is 2. The maximum Gasteiger partial charge on any atom is 0.271 e. The van der Waals surface area contributed by atoms with Crippen molar-refractivity contribution in [3.8, 4) is 0 Å². The fourth-order valence-electron chi connectivity index (χ4n) is 3.93. The highest BCUT2D eigenvalue weighted by Gasteiger charge is 2.21. The quantitative estimate of drug-likeness (QED) is 0.301. The van der Waals surface area contributed by atoms with Gasteiger partial charge in [-0.1, -0.05) is 69.4 Å². The first-order valence-corrected chi connectivity index (χ1v) is 11.5. The topological polar surface area (TPSA) is 70.6 Å². The van der Waals surface area contributed by atoms with Crippen molar-refractivity contribution < 1.29 is 9.59 Å². The fourth-order valence-corrected chi connectivity index (χ4v) is 3.93. The van der Waals surface area contributed by atoms with E-state index in [0.29, 0.717) is 5.56 Å². The molecule has 0 heterocycles. The molecular formula is C26H33N3O2. The van der Waals surface area contributed by atoms with Gasteiger partial charge in [0.2, 0.25) is 5.91 Å². The number of hydrazone groups is 1. The maximum atomic E-state index is 12.6. The Morgan fingerprint density at radius 2 is 1.61 bits per heavy atom.